The first-order chi connectivity index (χ1) is 16.5. The Hall–Kier alpha value is -4.00. The van der Waals surface area contributed by atoms with Gasteiger partial charge in [0.1, 0.15) is 11.9 Å². The number of carbonyl (C=O) groups excluding carboxylic acids is 2. The predicted octanol–water partition coefficient (Wildman–Crippen LogP) is 5.52. The van der Waals surface area contributed by atoms with Crippen LogP contribution >= 0.6 is 0 Å². The van der Waals surface area contributed by atoms with Crippen LogP contribution in [0.2, 0.25) is 0 Å². The number of rotatable bonds is 7. The van der Waals surface area contributed by atoms with Gasteiger partial charge < -0.3 is 19.3 Å². The van der Waals surface area contributed by atoms with Gasteiger partial charge in [0.15, 0.2) is 0 Å². The molecule has 0 spiro atoms. The Morgan fingerprint density at radius 3 is 2.44 bits per heavy atom. The van der Waals surface area contributed by atoms with Crippen LogP contribution in [0.15, 0.2) is 72.8 Å². The Morgan fingerprint density at radius 1 is 1.06 bits per heavy atom. The maximum absolute atomic E-state index is 12.6. The van der Waals surface area contributed by atoms with Crippen LogP contribution in [0.5, 0.6) is 5.75 Å². The molecule has 0 bridgehead atoms. The molecule has 7 heteroatoms. The molecule has 2 amide bonds. The van der Waals surface area contributed by atoms with Crippen molar-refractivity contribution in [1.29, 1.82) is 0 Å². The van der Waals surface area contributed by atoms with Crippen molar-refractivity contribution < 1.29 is 19.1 Å². The van der Waals surface area contributed by atoms with Crippen molar-refractivity contribution in [1.82, 2.24) is 0 Å². The highest BCUT2D eigenvalue weighted by molar-refractivity contribution is 5.97. The van der Waals surface area contributed by atoms with Crippen molar-refractivity contribution >= 4 is 34.7 Å². The minimum Gasteiger partial charge on any atom is -0.497 e. The highest BCUT2D eigenvalue weighted by Crippen LogP contribution is 2.30. The molecule has 3 aromatic carbocycles. The lowest BCUT2D eigenvalue weighted by Crippen LogP contribution is -2.28. The summed E-state index contributed by atoms with van der Waals surface area (Å²) in [7, 11) is 1.59. The average molecular weight is 460 g/mol. The Balaban J connectivity index is 1.36. The number of methoxy groups -OCH3 is 1. The van der Waals surface area contributed by atoms with Gasteiger partial charge in [-0.2, -0.15) is 0 Å². The molecule has 1 aliphatic heterocycles. The van der Waals surface area contributed by atoms with Crippen LogP contribution in [0.3, 0.4) is 0 Å². The zero-order chi connectivity index (χ0) is 24.1. The summed E-state index contributed by atoms with van der Waals surface area (Å²) in [6.07, 6.45) is -0.956. The van der Waals surface area contributed by atoms with Crippen molar-refractivity contribution in [3.63, 3.8) is 0 Å². The van der Waals surface area contributed by atoms with Crippen LogP contribution in [0, 0.1) is 6.92 Å². The topological polar surface area (TPSA) is 71.1 Å². The van der Waals surface area contributed by atoms with E-state index in [9.17, 15) is 9.59 Å². The number of carbonyl (C=O) groups is 2. The van der Waals surface area contributed by atoms with Gasteiger partial charge in [0, 0.05) is 29.7 Å². The van der Waals surface area contributed by atoms with E-state index in [2.05, 4.69) is 29.3 Å². The molecular formula is C27H29N3O4. The van der Waals surface area contributed by atoms with Gasteiger partial charge in [-0.05, 0) is 61.9 Å². The first-order valence-electron chi connectivity index (χ1n) is 11.3. The predicted molar refractivity (Wildman–Crippen MR) is 134 cm³/mol. The number of aryl methyl sites for hydroxylation is 1. The number of ether oxygens (including phenoxy) is 2. The molecule has 1 aliphatic rings. The molecule has 4 rings (SSSR count). The number of para-hydroxylation sites is 1. The van der Waals surface area contributed by atoms with Crippen LogP contribution < -0.4 is 19.9 Å². The fourth-order valence-electron chi connectivity index (χ4n) is 4.14. The number of nitrogens with one attached hydrogen (secondary N) is 1. The molecule has 0 aliphatic carbocycles. The van der Waals surface area contributed by atoms with Crippen LogP contribution in [-0.2, 0) is 9.53 Å². The summed E-state index contributed by atoms with van der Waals surface area (Å²) in [6.45, 7) is 5.15. The molecule has 0 saturated carbocycles. The second-order valence-electron chi connectivity index (χ2n) is 8.14. The molecule has 34 heavy (non-hydrogen) atoms. The summed E-state index contributed by atoms with van der Waals surface area (Å²) in [5.74, 6) is 0.590. The summed E-state index contributed by atoms with van der Waals surface area (Å²) in [5.41, 5.74) is 4.48. The smallest absolute Gasteiger partial charge is 0.411 e. The molecule has 1 fully saturated rings. The summed E-state index contributed by atoms with van der Waals surface area (Å²) < 4.78 is 10.8. The van der Waals surface area contributed by atoms with E-state index >= 15 is 0 Å². The van der Waals surface area contributed by atoms with E-state index in [1.165, 1.54) is 0 Å². The van der Waals surface area contributed by atoms with Crippen molar-refractivity contribution in [2.45, 2.75) is 26.4 Å². The number of amides is 2. The van der Waals surface area contributed by atoms with Gasteiger partial charge in [0.2, 0.25) is 5.91 Å². The summed E-state index contributed by atoms with van der Waals surface area (Å²) >= 11 is 0. The number of benzene rings is 3. The average Bonchev–Trinajstić information content (AvgIpc) is 3.21. The van der Waals surface area contributed by atoms with Crippen molar-refractivity contribution in [2.24, 2.45) is 0 Å². The van der Waals surface area contributed by atoms with E-state index in [1.807, 2.05) is 67.6 Å². The normalized spacial score (nSPS) is 15.2. The van der Waals surface area contributed by atoms with E-state index < -0.39 is 12.2 Å². The number of hydrogen-bond acceptors (Lipinski definition) is 5. The van der Waals surface area contributed by atoms with Crippen molar-refractivity contribution in [2.75, 3.05) is 35.3 Å². The molecule has 0 aromatic heterocycles. The van der Waals surface area contributed by atoms with E-state index in [0.29, 0.717) is 18.0 Å². The van der Waals surface area contributed by atoms with Crippen LogP contribution in [-0.4, -0.2) is 38.3 Å². The SMILES string of the molecule is CCN(c1ccccc1)c1ccc(NC(=O)OC2CC(=O)N(c3cc(OC)ccc3C)C2)cc1. The highest BCUT2D eigenvalue weighted by atomic mass is 16.6. The molecule has 1 atom stereocenters. The number of hydrogen-bond donors (Lipinski definition) is 1. The van der Waals surface area contributed by atoms with E-state index in [-0.39, 0.29) is 12.3 Å². The van der Waals surface area contributed by atoms with Gasteiger partial charge >= 0.3 is 6.09 Å². The van der Waals surface area contributed by atoms with E-state index in [0.717, 1.165) is 29.2 Å². The van der Waals surface area contributed by atoms with Gasteiger partial charge in [0.25, 0.3) is 0 Å². The summed E-state index contributed by atoms with van der Waals surface area (Å²) in [4.78, 5) is 28.9. The van der Waals surface area contributed by atoms with E-state index in [1.54, 1.807) is 12.0 Å². The second kappa shape index (κ2) is 10.3. The monoisotopic (exact) mass is 459 g/mol. The van der Waals surface area contributed by atoms with Gasteiger partial charge in [0.05, 0.1) is 25.8 Å². The van der Waals surface area contributed by atoms with Gasteiger partial charge in [-0.25, -0.2) is 4.79 Å². The standard InChI is InChI=1S/C27H29N3O4/c1-4-29(21-8-6-5-7-9-21)22-13-11-20(12-14-22)28-27(32)34-24-17-26(31)30(18-24)25-16-23(33-3)15-10-19(25)2/h5-16,24H,4,17-18H2,1-3H3,(H,28,32). The first-order valence-corrected chi connectivity index (χ1v) is 11.3. The lowest BCUT2D eigenvalue weighted by atomic mass is 10.1. The molecule has 1 unspecified atom stereocenters. The molecule has 3 aromatic rings. The van der Waals surface area contributed by atoms with Gasteiger partial charge in [-0.3, -0.25) is 10.1 Å². The Labute approximate surface area is 199 Å². The summed E-state index contributed by atoms with van der Waals surface area (Å²) in [6, 6.07) is 23.3. The molecule has 1 N–H and O–H groups in total. The fraction of sp³-hybridized carbons (Fsp3) is 0.259. The highest BCUT2D eigenvalue weighted by Gasteiger charge is 2.34. The first kappa shape index (κ1) is 23.2. The molecule has 7 nitrogen and oxygen atoms in total. The van der Waals surface area contributed by atoms with Crippen LogP contribution in [0.4, 0.5) is 27.5 Å². The van der Waals surface area contributed by atoms with Crippen molar-refractivity contribution in [3.05, 3.63) is 78.4 Å². The van der Waals surface area contributed by atoms with Crippen LogP contribution in [0.1, 0.15) is 18.9 Å². The Kier molecular flexibility index (Phi) is 7.01. The minimum absolute atomic E-state index is 0.0842. The third-order valence-corrected chi connectivity index (χ3v) is 5.88. The zero-order valence-electron chi connectivity index (χ0n) is 19.7. The largest absolute Gasteiger partial charge is 0.497 e. The number of anilines is 4. The maximum Gasteiger partial charge on any atom is 0.411 e. The molecule has 1 saturated heterocycles. The van der Waals surface area contributed by atoms with Gasteiger partial charge in [-0.1, -0.05) is 24.3 Å². The minimum atomic E-state index is -0.579. The summed E-state index contributed by atoms with van der Waals surface area (Å²) in [5, 5.41) is 2.76. The Bertz CT molecular complexity index is 1150. The molecule has 0 radical (unpaired) electrons. The van der Waals surface area contributed by atoms with Crippen LogP contribution in [0.25, 0.3) is 0 Å². The number of nitrogens with zero attached hydrogens (tertiary/aromatic N) is 2. The van der Waals surface area contributed by atoms with Gasteiger partial charge in [-0.15, -0.1) is 0 Å². The second-order valence-corrected chi connectivity index (χ2v) is 8.14. The Morgan fingerprint density at radius 2 is 1.76 bits per heavy atom. The zero-order valence-corrected chi connectivity index (χ0v) is 19.7. The third kappa shape index (κ3) is 5.14. The quantitative estimate of drug-likeness (QED) is 0.504. The molecular weight excluding hydrogens is 430 g/mol. The van der Waals surface area contributed by atoms with E-state index in [4.69, 9.17) is 9.47 Å². The molecule has 176 valence electrons. The molecule has 1 heterocycles. The third-order valence-electron chi connectivity index (χ3n) is 5.88. The van der Waals surface area contributed by atoms with Crippen molar-refractivity contribution in [3.8, 4) is 5.75 Å². The lowest BCUT2D eigenvalue weighted by molar-refractivity contribution is -0.117. The maximum atomic E-state index is 12.6. The fourth-order valence-corrected chi connectivity index (χ4v) is 4.14. The lowest BCUT2D eigenvalue weighted by Gasteiger charge is -2.23.